The first-order valence-electron chi connectivity index (χ1n) is 19.3. The first-order chi connectivity index (χ1) is 26.8. The van der Waals surface area contributed by atoms with Crippen molar-refractivity contribution in [2.45, 2.75) is 46.0 Å². The minimum absolute atomic E-state index is 0.102. The van der Waals surface area contributed by atoms with E-state index < -0.39 is 0 Å². The Kier molecular flexibility index (Phi) is 9.83. The van der Waals surface area contributed by atoms with Crippen molar-refractivity contribution >= 4 is 34.1 Å². The SMILES string of the molecule is Cc1ccc(N(c2ccc(C)cc2)c2cccc(-c3ccccc3C3C=CC=CC3(C)c3cccc(N(c4ccc(C)cc4)c4ccc(C)cc4)c3)c2)cc1. The van der Waals surface area contributed by atoms with Crippen LogP contribution >= 0.6 is 0 Å². The van der Waals surface area contributed by atoms with E-state index in [-0.39, 0.29) is 11.3 Å². The van der Waals surface area contributed by atoms with Crippen LogP contribution in [-0.2, 0) is 5.41 Å². The molecule has 0 fully saturated rings. The van der Waals surface area contributed by atoms with Crippen LogP contribution in [0.2, 0.25) is 0 Å². The molecule has 0 saturated carbocycles. The van der Waals surface area contributed by atoms with Crippen molar-refractivity contribution in [3.05, 3.63) is 228 Å². The van der Waals surface area contributed by atoms with E-state index in [0.717, 1.165) is 34.1 Å². The highest BCUT2D eigenvalue weighted by molar-refractivity contribution is 5.82. The summed E-state index contributed by atoms with van der Waals surface area (Å²) in [5.74, 6) is 0.102. The lowest BCUT2D eigenvalue weighted by atomic mass is 9.66. The lowest BCUT2D eigenvalue weighted by molar-refractivity contribution is 0.525. The van der Waals surface area contributed by atoms with Gasteiger partial charge in [-0.05, 0) is 123 Å². The largest absolute Gasteiger partial charge is 0.310 e. The monoisotopic (exact) mass is 712 g/mol. The van der Waals surface area contributed by atoms with Crippen LogP contribution in [0.5, 0.6) is 0 Å². The lowest BCUT2D eigenvalue weighted by Gasteiger charge is -2.38. The molecule has 0 amide bonds. The van der Waals surface area contributed by atoms with E-state index >= 15 is 0 Å². The molecule has 270 valence electrons. The molecule has 1 aliphatic rings. The average Bonchev–Trinajstić information content (AvgIpc) is 3.21. The molecule has 0 heterocycles. The Balaban J connectivity index is 1.21. The van der Waals surface area contributed by atoms with E-state index in [2.05, 4.69) is 239 Å². The molecule has 0 bridgehead atoms. The molecular formula is C53H48N2. The Labute approximate surface area is 327 Å². The summed E-state index contributed by atoms with van der Waals surface area (Å²) in [5, 5.41) is 0. The van der Waals surface area contributed by atoms with Crippen molar-refractivity contribution in [3.8, 4) is 11.1 Å². The van der Waals surface area contributed by atoms with E-state index in [9.17, 15) is 0 Å². The van der Waals surface area contributed by atoms with E-state index in [1.165, 1.54) is 44.5 Å². The molecule has 0 saturated heterocycles. The second-order valence-corrected chi connectivity index (χ2v) is 15.2. The predicted molar refractivity (Wildman–Crippen MR) is 235 cm³/mol. The van der Waals surface area contributed by atoms with Crippen LogP contribution in [0, 0.1) is 27.7 Å². The zero-order chi connectivity index (χ0) is 37.9. The maximum atomic E-state index is 2.39. The Bertz CT molecular complexity index is 2380. The second-order valence-electron chi connectivity index (χ2n) is 15.2. The predicted octanol–water partition coefficient (Wildman–Crippen LogP) is 14.7. The Morgan fingerprint density at radius 1 is 0.418 bits per heavy atom. The van der Waals surface area contributed by atoms with Crippen LogP contribution < -0.4 is 9.80 Å². The standard InChI is InChI=1S/C53H48N2/c1-38-19-27-44(28-20-38)54(45-29-21-39(2)22-30-45)48-14-10-12-42(36-48)50-16-6-7-17-51(50)52-18-8-9-35-53(52,5)43-13-11-15-49(37-43)55(46-31-23-40(3)24-32-46)47-33-25-41(4)26-34-47/h6-37,52H,1-5H3. The molecule has 1 aliphatic carbocycles. The topological polar surface area (TPSA) is 6.48 Å². The fourth-order valence-electron chi connectivity index (χ4n) is 7.93. The van der Waals surface area contributed by atoms with E-state index in [1.54, 1.807) is 0 Å². The van der Waals surface area contributed by atoms with Gasteiger partial charge in [-0.1, -0.05) is 151 Å². The summed E-state index contributed by atoms with van der Waals surface area (Å²) in [6.07, 6.45) is 9.20. The fraction of sp³-hybridized carbons (Fsp3) is 0.132. The number of nitrogens with zero attached hydrogens (tertiary/aromatic N) is 2. The third-order valence-corrected chi connectivity index (χ3v) is 11.1. The van der Waals surface area contributed by atoms with Gasteiger partial charge in [0.1, 0.15) is 0 Å². The van der Waals surface area contributed by atoms with Crippen molar-refractivity contribution in [2.75, 3.05) is 9.80 Å². The highest BCUT2D eigenvalue weighted by Gasteiger charge is 2.36. The molecule has 7 aromatic rings. The molecule has 8 rings (SSSR count). The highest BCUT2D eigenvalue weighted by atomic mass is 15.1. The summed E-state index contributed by atoms with van der Waals surface area (Å²) in [7, 11) is 0. The van der Waals surface area contributed by atoms with E-state index in [1.807, 2.05) is 0 Å². The second kappa shape index (κ2) is 15.2. The number of allylic oxidation sites excluding steroid dienone is 4. The van der Waals surface area contributed by atoms with Crippen LogP contribution in [0.3, 0.4) is 0 Å². The molecule has 0 radical (unpaired) electrons. The zero-order valence-corrected chi connectivity index (χ0v) is 32.4. The average molecular weight is 713 g/mol. The molecule has 0 spiro atoms. The van der Waals surface area contributed by atoms with Gasteiger partial charge < -0.3 is 9.80 Å². The first-order valence-corrected chi connectivity index (χ1v) is 19.3. The fourth-order valence-corrected chi connectivity index (χ4v) is 7.93. The number of anilines is 6. The van der Waals surface area contributed by atoms with E-state index in [0.29, 0.717) is 0 Å². The molecule has 0 N–H and O–H groups in total. The quantitative estimate of drug-likeness (QED) is 0.147. The summed E-state index contributed by atoms with van der Waals surface area (Å²) < 4.78 is 0. The molecule has 0 aliphatic heterocycles. The number of hydrogen-bond donors (Lipinski definition) is 0. The normalized spacial score (nSPS) is 16.2. The lowest BCUT2D eigenvalue weighted by Crippen LogP contribution is -2.29. The number of rotatable bonds is 9. The zero-order valence-electron chi connectivity index (χ0n) is 32.4. The summed E-state index contributed by atoms with van der Waals surface area (Å²) in [6.45, 7) is 11.0. The van der Waals surface area contributed by atoms with Crippen LogP contribution in [-0.4, -0.2) is 0 Å². The van der Waals surface area contributed by atoms with Gasteiger partial charge in [0, 0.05) is 45.5 Å². The van der Waals surface area contributed by atoms with Crippen LogP contribution in [0.4, 0.5) is 34.1 Å². The summed E-state index contributed by atoms with van der Waals surface area (Å²) in [5.41, 5.74) is 16.5. The Morgan fingerprint density at radius 2 is 0.873 bits per heavy atom. The van der Waals surface area contributed by atoms with Crippen LogP contribution in [0.15, 0.2) is 194 Å². The van der Waals surface area contributed by atoms with Gasteiger partial charge >= 0.3 is 0 Å². The molecule has 2 nitrogen and oxygen atoms in total. The van der Waals surface area contributed by atoms with Crippen LogP contribution in [0.25, 0.3) is 11.1 Å². The van der Waals surface area contributed by atoms with Gasteiger partial charge in [-0.2, -0.15) is 0 Å². The molecule has 55 heavy (non-hydrogen) atoms. The molecule has 0 aromatic heterocycles. The van der Waals surface area contributed by atoms with Gasteiger partial charge in [0.2, 0.25) is 0 Å². The van der Waals surface area contributed by atoms with Gasteiger partial charge in [-0.15, -0.1) is 0 Å². The maximum Gasteiger partial charge on any atom is 0.0467 e. The van der Waals surface area contributed by atoms with E-state index in [4.69, 9.17) is 0 Å². The van der Waals surface area contributed by atoms with Crippen molar-refractivity contribution in [1.82, 2.24) is 0 Å². The smallest absolute Gasteiger partial charge is 0.0467 e. The highest BCUT2D eigenvalue weighted by Crippen LogP contribution is 2.48. The number of hydrogen-bond acceptors (Lipinski definition) is 2. The summed E-state index contributed by atoms with van der Waals surface area (Å²) in [6, 6.07) is 62.4. The Hall–Kier alpha value is -6.38. The maximum absolute atomic E-state index is 2.39. The van der Waals surface area contributed by atoms with Gasteiger partial charge in [-0.3, -0.25) is 0 Å². The summed E-state index contributed by atoms with van der Waals surface area (Å²) >= 11 is 0. The van der Waals surface area contributed by atoms with Gasteiger partial charge in [0.25, 0.3) is 0 Å². The van der Waals surface area contributed by atoms with Crippen molar-refractivity contribution in [1.29, 1.82) is 0 Å². The van der Waals surface area contributed by atoms with Crippen molar-refractivity contribution < 1.29 is 0 Å². The third-order valence-electron chi connectivity index (χ3n) is 11.1. The number of benzene rings is 7. The van der Waals surface area contributed by atoms with Gasteiger partial charge in [0.15, 0.2) is 0 Å². The first kappa shape index (κ1) is 35.6. The van der Waals surface area contributed by atoms with Crippen molar-refractivity contribution in [3.63, 3.8) is 0 Å². The van der Waals surface area contributed by atoms with Gasteiger partial charge in [-0.25, -0.2) is 0 Å². The molecule has 2 heteroatoms. The van der Waals surface area contributed by atoms with Gasteiger partial charge in [0.05, 0.1) is 0 Å². The van der Waals surface area contributed by atoms with Crippen LogP contribution in [0.1, 0.15) is 46.2 Å². The number of aryl methyl sites for hydroxylation is 4. The van der Waals surface area contributed by atoms with Crippen molar-refractivity contribution in [2.24, 2.45) is 0 Å². The Morgan fingerprint density at radius 3 is 1.38 bits per heavy atom. The molecule has 7 aromatic carbocycles. The molecular weight excluding hydrogens is 665 g/mol. The molecule has 2 atom stereocenters. The molecule has 2 unspecified atom stereocenters. The minimum atomic E-state index is -0.305. The third kappa shape index (κ3) is 7.29. The minimum Gasteiger partial charge on any atom is -0.310 e. The summed E-state index contributed by atoms with van der Waals surface area (Å²) in [4.78, 5) is 4.73.